The first-order valence-corrected chi connectivity index (χ1v) is 9.47. The summed E-state index contributed by atoms with van der Waals surface area (Å²) in [5, 5.41) is 13.5. The fraction of sp³-hybridized carbons (Fsp3) is 0.0455. The SMILES string of the molecule is Cc1ccc(-c2cn[nH]c2C(=O)Nc2cc3nc(-c4ccccc4)nn3cc2F)nc1. The maximum absolute atomic E-state index is 14.7. The van der Waals surface area contributed by atoms with Crippen molar-refractivity contribution in [1.82, 2.24) is 29.8 Å². The predicted molar refractivity (Wildman–Crippen MR) is 113 cm³/mol. The summed E-state index contributed by atoms with van der Waals surface area (Å²) in [5.41, 5.74) is 3.49. The summed E-state index contributed by atoms with van der Waals surface area (Å²) >= 11 is 0. The van der Waals surface area contributed by atoms with Gasteiger partial charge >= 0.3 is 0 Å². The summed E-state index contributed by atoms with van der Waals surface area (Å²) in [6.07, 6.45) is 4.39. The van der Waals surface area contributed by atoms with Crippen LogP contribution >= 0.6 is 0 Å². The van der Waals surface area contributed by atoms with Gasteiger partial charge in [-0.2, -0.15) is 5.10 Å². The Morgan fingerprint density at radius 2 is 1.97 bits per heavy atom. The molecule has 8 nitrogen and oxygen atoms in total. The number of carbonyl (C=O) groups excluding carboxylic acids is 1. The van der Waals surface area contributed by atoms with E-state index in [2.05, 4.69) is 30.6 Å². The second-order valence-electron chi connectivity index (χ2n) is 6.97. The van der Waals surface area contributed by atoms with Gasteiger partial charge in [0.05, 0.1) is 29.3 Å². The first-order valence-electron chi connectivity index (χ1n) is 9.47. The Bertz CT molecular complexity index is 1390. The number of fused-ring (bicyclic) bond motifs is 1. The van der Waals surface area contributed by atoms with E-state index in [1.807, 2.05) is 43.3 Å². The number of nitrogens with one attached hydrogen (secondary N) is 2. The Morgan fingerprint density at radius 3 is 2.74 bits per heavy atom. The molecule has 152 valence electrons. The van der Waals surface area contributed by atoms with E-state index in [-0.39, 0.29) is 11.4 Å². The van der Waals surface area contributed by atoms with Crippen molar-refractivity contribution in [2.45, 2.75) is 6.92 Å². The highest BCUT2D eigenvalue weighted by atomic mass is 19.1. The Morgan fingerprint density at radius 1 is 1.13 bits per heavy atom. The lowest BCUT2D eigenvalue weighted by atomic mass is 10.1. The molecule has 0 aliphatic carbocycles. The lowest BCUT2D eigenvalue weighted by Crippen LogP contribution is -2.15. The number of aromatic nitrogens is 6. The number of hydrogen-bond donors (Lipinski definition) is 2. The van der Waals surface area contributed by atoms with Crippen LogP contribution < -0.4 is 5.32 Å². The first kappa shape index (κ1) is 18.6. The van der Waals surface area contributed by atoms with Gasteiger partial charge in [0.25, 0.3) is 5.91 Å². The van der Waals surface area contributed by atoms with Gasteiger partial charge in [0.1, 0.15) is 5.69 Å². The average molecular weight is 413 g/mol. The van der Waals surface area contributed by atoms with Crippen molar-refractivity contribution in [3.8, 4) is 22.6 Å². The third kappa shape index (κ3) is 3.52. The van der Waals surface area contributed by atoms with E-state index in [1.54, 1.807) is 12.3 Å². The van der Waals surface area contributed by atoms with E-state index in [0.29, 0.717) is 22.7 Å². The normalized spacial score (nSPS) is 11.0. The van der Waals surface area contributed by atoms with E-state index in [9.17, 15) is 9.18 Å². The largest absolute Gasteiger partial charge is 0.318 e. The molecule has 5 aromatic rings. The summed E-state index contributed by atoms with van der Waals surface area (Å²) in [4.78, 5) is 21.6. The second-order valence-corrected chi connectivity index (χ2v) is 6.97. The van der Waals surface area contributed by atoms with Crippen LogP contribution in [0.5, 0.6) is 0 Å². The van der Waals surface area contributed by atoms with Crippen molar-refractivity contribution in [2.75, 3.05) is 5.32 Å². The number of rotatable bonds is 4. The van der Waals surface area contributed by atoms with Crippen LogP contribution in [0.4, 0.5) is 10.1 Å². The lowest BCUT2D eigenvalue weighted by Gasteiger charge is -2.07. The van der Waals surface area contributed by atoms with E-state index >= 15 is 0 Å². The van der Waals surface area contributed by atoms with Gasteiger partial charge < -0.3 is 5.32 Å². The summed E-state index contributed by atoms with van der Waals surface area (Å²) in [6, 6.07) is 14.5. The molecule has 0 unspecified atom stereocenters. The number of anilines is 1. The molecule has 4 heterocycles. The molecule has 1 amide bonds. The monoisotopic (exact) mass is 413 g/mol. The second kappa shape index (κ2) is 7.45. The van der Waals surface area contributed by atoms with Gasteiger partial charge in [-0.1, -0.05) is 36.4 Å². The van der Waals surface area contributed by atoms with Gasteiger partial charge in [0.15, 0.2) is 17.3 Å². The number of carbonyl (C=O) groups is 1. The molecule has 0 aliphatic rings. The number of hydrogen-bond acceptors (Lipinski definition) is 5. The molecule has 31 heavy (non-hydrogen) atoms. The predicted octanol–water partition coefficient (Wildman–Crippen LogP) is 3.88. The van der Waals surface area contributed by atoms with E-state index in [1.165, 1.54) is 23.0 Å². The van der Waals surface area contributed by atoms with Crippen LogP contribution in [-0.2, 0) is 0 Å². The standard InChI is InChI=1S/C22H16FN7O/c1-13-7-8-17(24-10-13)15-11-25-28-20(15)22(31)26-18-9-19-27-21(14-5-3-2-4-6-14)29-30(19)12-16(18)23/h2-12H,1H3,(H,25,28)(H,26,31). The van der Waals surface area contributed by atoms with Crippen LogP contribution in [0.25, 0.3) is 28.3 Å². The summed E-state index contributed by atoms with van der Waals surface area (Å²) in [6.45, 7) is 1.92. The maximum atomic E-state index is 14.7. The average Bonchev–Trinajstić information content (AvgIpc) is 3.42. The van der Waals surface area contributed by atoms with Gasteiger partial charge in [-0.05, 0) is 18.6 Å². The number of aryl methyl sites for hydroxylation is 1. The van der Waals surface area contributed by atoms with Gasteiger partial charge in [-0.15, -0.1) is 5.10 Å². The minimum absolute atomic E-state index is 0.0121. The molecule has 4 aromatic heterocycles. The van der Waals surface area contributed by atoms with Crippen molar-refractivity contribution in [3.05, 3.63) is 84.2 Å². The van der Waals surface area contributed by atoms with Crippen molar-refractivity contribution in [1.29, 1.82) is 0 Å². The van der Waals surface area contributed by atoms with Crippen LogP contribution in [0.15, 0.2) is 67.1 Å². The molecule has 0 aliphatic heterocycles. The molecule has 0 fully saturated rings. The van der Waals surface area contributed by atoms with Crippen molar-refractivity contribution < 1.29 is 9.18 Å². The summed E-state index contributed by atoms with van der Waals surface area (Å²) in [5.74, 6) is -0.717. The smallest absolute Gasteiger partial charge is 0.274 e. The molecule has 5 rings (SSSR count). The zero-order valence-corrected chi connectivity index (χ0v) is 16.4. The lowest BCUT2D eigenvalue weighted by molar-refractivity contribution is 0.102. The molecule has 0 radical (unpaired) electrons. The molecular formula is C22H16FN7O. The molecule has 2 N–H and O–H groups in total. The zero-order valence-electron chi connectivity index (χ0n) is 16.4. The van der Waals surface area contributed by atoms with Gasteiger partial charge in [-0.3, -0.25) is 14.9 Å². The number of halogens is 1. The van der Waals surface area contributed by atoms with Gasteiger partial charge in [0.2, 0.25) is 0 Å². The topological polar surface area (TPSA) is 101 Å². The third-order valence-corrected chi connectivity index (χ3v) is 4.76. The minimum Gasteiger partial charge on any atom is -0.318 e. The minimum atomic E-state index is -0.639. The number of aromatic amines is 1. The fourth-order valence-electron chi connectivity index (χ4n) is 3.17. The van der Waals surface area contributed by atoms with Crippen molar-refractivity contribution >= 4 is 17.2 Å². The molecule has 0 spiro atoms. The Kier molecular flexibility index (Phi) is 4.47. The van der Waals surface area contributed by atoms with Crippen LogP contribution in [-0.4, -0.2) is 35.7 Å². The third-order valence-electron chi connectivity index (χ3n) is 4.76. The molecule has 1 aromatic carbocycles. The Balaban J connectivity index is 1.46. The summed E-state index contributed by atoms with van der Waals surface area (Å²) in [7, 11) is 0. The van der Waals surface area contributed by atoms with Crippen molar-refractivity contribution in [2.24, 2.45) is 0 Å². The molecule has 9 heteroatoms. The maximum Gasteiger partial charge on any atom is 0.274 e. The van der Waals surface area contributed by atoms with Crippen LogP contribution in [0, 0.1) is 12.7 Å². The van der Waals surface area contributed by atoms with Gasteiger partial charge in [0, 0.05) is 17.8 Å². The number of amides is 1. The number of H-pyrrole nitrogens is 1. The molecule has 0 saturated heterocycles. The van der Waals surface area contributed by atoms with Crippen molar-refractivity contribution in [3.63, 3.8) is 0 Å². The van der Waals surface area contributed by atoms with E-state index in [0.717, 1.165) is 11.1 Å². The van der Waals surface area contributed by atoms with Crippen LogP contribution in [0.2, 0.25) is 0 Å². The van der Waals surface area contributed by atoms with Crippen LogP contribution in [0.3, 0.4) is 0 Å². The molecule has 0 atom stereocenters. The Hall–Kier alpha value is -4.40. The fourth-order valence-corrected chi connectivity index (χ4v) is 3.17. The Labute approximate surface area is 175 Å². The number of pyridine rings is 2. The van der Waals surface area contributed by atoms with E-state index in [4.69, 9.17) is 0 Å². The van der Waals surface area contributed by atoms with Gasteiger partial charge in [-0.25, -0.2) is 13.9 Å². The highest BCUT2D eigenvalue weighted by Gasteiger charge is 2.19. The van der Waals surface area contributed by atoms with Crippen LogP contribution in [0.1, 0.15) is 16.1 Å². The first-order chi connectivity index (χ1) is 15.1. The molecule has 0 saturated carbocycles. The number of benzene rings is 1. The number of nitrogens with zero attached hydrogens (tertiary/aromatic N) is 5. The summed E-state index contributed by atoms with van der Waals surface area (Å²) < 4.78 is 16.0. The molecule has 0 bridgehead atoms. The van der Waals surface area contributed by atoms with E-state index < -0.39 is 11.7 Å². The zero-order chi connectivity index (χ0) is 21.4. The highest BCUT2D eigenvalue weighted by Crippen LogP contribution is 2.23. The quantitative estimate of drug-likeness (QED) is 0.466. The molecular weight excluding hydrogens is 397 g/mol. The highest BCUT2D eigenvalue weighted by molar-refractivity contribution is 6.07.